The Labute approximate surface area is 139 Å². The van der Waals surface area contributed by atoms with Gasteiger partial charge in [-0.1, -0.05) is 24.1 Å². The predicted octanol–water partition coefficient (Wildman–Crippen LogP) is 2.58. The van der Waals surface area contributed by atoms with E-state index in [-0.39, 0.29) is 18.4 Å². The minimum absolute atomic E-state index is 0.0314. The number of nitroso groups, excluding NO2 is 1. The lowest BCUT2D eigenvalue weighted by molar-refractivity contribution is -0.137. The summed E-state index contributed by atoms with van der Waals surface area (Å²) in [5.41, 5.74) is 1.40. The minimum Gasteiger partial charge on any atom is -0.481 e. The van der Waals surface area contributed by atoms with Crippen LogP contribution in [0.3, 0.4) is 0 Å². The number of amides is 1. The third-order valence-electron chi connectivity index (χ3n) is 3.11. The summed E-state index contributed by atoms with van der Waals surface area (Å²) in [7, 11) is 0. The molecule has 0 spiro atoms. The van der Waals surface area contributed by atoms with Crippen LogP contribution < -0.4 is 10.0 Å². The number of hydrogen-bond acceptors (Lipinski definition) is 6. The van der Waals surface area contributed by atoms with Gasteiger partial charge in [0.25, 0.3) is 0 Å². The molecule has 0 heterocycles. The Balaban J connectivity index is 2.28. The molecule has 3 N–H and O–H groups in total. The van der Waals surface area contributed by atoms with Gasteiger partial charge in [0, 0.05) is 18.2 Å². The molecule has 0 aromatic heterocycles. The van der Waals surface area contributed by atoms with E-state index in [0.717, 1.165) is 5.56 Å². The molecule has 0 saturated heterocycles. The van der Waals surface area contributed by atoms with Gasteiger partial charge >= 0.3 is 5.97 Å². The highest BCUT2D eigenvalue weighted by molar-refractivity contribution is 7.96. The number of benzene rings is 1. The maximum Gasteiger partial charge on any atom is 0.303 e. The quantitative estimate of drug-likeness (QED) is 0.447. The van der Waals surface area contributed by atoms with Gasteiger partial charge < -0.3 is 10.4 Å². The standard InChI is InChI=1S/C15H21N3O4S/c1-10(3-8-14(19)20)16-15(21)11(2)18-23-9-12-4-6-13(17-22)7-5-12/h4-7,10-11,18H,3,8-9H2,1-2H3,(H,16,21)(H,19,20). The minimum atomic E-state index is -0.872. The van der Waals surface area contributed by atoms with Crippen molar-refractivity contribution in [1.82, 2.24) is 10.0 Å². The maximum atomic E-state index is 11.9. The first-order chi connectivity index (χ1) is 10.9. The van der Waals surface area contributed by atoms with Crippen molar-refractivity contribution in [2.45, 2.75) is 44.5 Å². The summed E-state index contributed by atoms with van der Waals surface area (Å²) in [6.45, 7) is 3.52. The number of nitrogens with zero attached hydrogens (tertiary/aromatic N) is 1. The van der Waals surface area contributed by atoms with Gasteiger partial charge in [-0.3, -0.25) is 14.3 Å². The van der Waals surface area contributed by atoms with Crippen LogP contribution in [0.2, 0.25) is 0 Å². The number of carbonyl (C=O) groups is 2. The summed E-state index contributed by atoms with van der Waals surface area (Å²) in [6, 6.07) is 6.32. The molecule has 0 saturated carbocycles. The van der Waals surface area contributed by atoms with E-state index in [4.69, 9.17) is 5.11 Å². The molecule has 2 unspecified atom stereocenters. The molecule has 1 aromatic rings. The van der Waals surface area contributed by atoms with Crippen molar-refractivity contribution in [3.05, 3.63) is 34.7 Å². The SMILES string of the molecule is CC(CCC(=O)O)NC(=O)C(C)NSCc1ccc(N=O)cc1. The fourth-order valence-electron chi connectivity index (χ4n) is 1.74. The van der Waals surface area contributed by atoms with Crippen molar-refractivity contribution in [2.24, 2.45) is 5.18 Å². The average molecular weight is 339 g/mol. The fraction of sp³-hybridized carbons (Fsp3) is 0.467. The molecule has 7 nitrogen and oxygen atoms in total. The second-order valence-corrected chi connectivity index (χ2v) is 6.04. The second-order valence-electron chi connectivity index (χ2n) is 5.23. The van der Waals surface area contributed by atoms with Crippen LogP contribution in [0.15, 0.2) is 29.4 Å². The van der Waals surface area contributed by atoms with E-state index in [2.05, 4.69) is 15.2 Å². The number of carboxylic acid groups (broad SMARTS) is 1. The van der Waals surface area contributed by atoms with Crippen LogP contribution in [0.1, 0.15) is 32.3 Å². The lowest BCUT2D eigenvalue weighted by atomic mass is 10.2. The molecule has 0 aliphatic carbocycles. The van der Waals surface area contributed by atoms with Crippen LogP contribution in [0, 0.1) is 4.91 Å². The molecule has 1 rings (SSSR count). The summed E-state index contributed by atoms with van der Waals surface area (Å²) in [6.07, 6.45) is 0.432. The molecule has 0 fully saturated rings. The fourth-order valence-corrected chi connectivity index (χ4v) is 2.54. The molecule has 0 bridgehead atoms. The Morgan fingerprint density at radius 1 is 1.26 bits per heavy atom. The van der Waals surface area contributed by atoms with Crippen LogP contribution in [0.4, 0.5) is 5.69 Å². The first-order valence-corrected chi connectivity index (χ1v) is 8.22. The number of carbonyl (C=O) groups excluding carboxylic acids is 1. The van der Waals surface area contributed by atoms with E-state index >= 15 is 0 Å². The normalized spacial score (nSPS) is 13.1. The zero-order valence-electron chi connectivity index (χ0n) is 13.1. The maximum absolute atomic E-state index is 11.9. The molecule has 0 aliphatic heterocycles. The van der Waals surface area contributed by atoms with Crippen molar-refractivity contribution >= 4 is 29.5 Å². The highest BCUT2D eigenvalue weighted by Gasteiger charge is 2.15. The van der Waals surface area contributed by atoms with Crippen LogP contribution >= 0.6 is 11.9 Å². The van der Waals surface area contributed by atoms with Gasteiger partial charge in [-0.25, -0.2) is 0 Å². The van der Waals surface area contributed by atoms with Crippen molar-refractivity contribution in [3.63, 3.8) is 0 Å². The molecule has 0 radical (unpaired) electrons. The Hall–Kier alpha value is -1.93. The zero-order valence-corrected chi connectivity index (χ0v) is 13.9. The smallest absolute Gasteiger partial charge is 0.303 e. The van der Waals surface area contributed by atoms with Crippen LogP contribution in [-0.2, 0) is 15.3 Å². The summed E-state index contributed by atoms with van der Waals surface area (Å²) in [5.74, 6) is -0.398. The highest BCUT2D eigenvalue weighted by atomic mass is 32.2. The van der Waals surface area contributed by atoms with Crippen LogP contribution in [0.5, 0.6) is 0 Å². The lowest BCUT2D eigenvalue weighted by Gasteiger charge is -2.17. The highest BCUT2D eigenvalue weighted by Crippen LogP contribution is 2.15. The van der Waals surface area contributed by atoms with E-state index in [1.165, 1.54) is 11.9 Å². The monoisotopic (exact) mass is 339 g/mol. The molecular formula is C15H21N3O4S. The third kappa shape index (κ3) is 7.75. The van der Waals surface area contributed by atoms with E-state index in [1.54, 1.807) is 26.0 Å². The summed E-state index contributed by atoms with van der Waals surface area (Å²) in [4.78, 5) is 32.8. The number of hydrogen-bond donors (Lipinski definition) is 3. The largest absolute Gasteiger partial charge is 0.481 e. The topological polar surface area (TPSA) is 108 Å². The Bertz CT molecular complexity index is 536. The average Bonchev–Trinajstić information content (AvgIpc) is 2.53. The van der Waals surface area contributed by atoms with Crippen molar-refractivity contribution in [1.29, 1.82) is 0 Å². The van der Waals surface area contributed by atoms with Crippen molar-refractivity contribution < 1.29 is 14.7 Å². The van der Waals surface area contributed by atoms with Gasteiger partial charge in [0.05, 0.1) is 6.04 Å². The first-order valence-electron chi connectivity index (χ1n) is 7.24. The lowest BCUT2D eigenvalue weighted by Crippen LogP contribution is -2.43. The second kappa shape index (κ2) is 9.96. The van der Waals surface area contributed by atoms with E-state index in [1.807, 2.05) is 12.1 Å². The first kappa shape index (κ1) is 19.1. The summed E-state index contributed by atoms with van der Waals surface area (Å²) >= 11 is 1.39. The molecule has 2 atom stereocenters. The van der Waals surface area contributed by atoms with Crippen molar-refractivity contribution in [3.8, 4) is 0 Å². The molecule has 126 valence electrons. The van der Waals surface area contributed by atoms with E-state index in [0.29, 0.717) is 17.9 Å². The van der Waals surface area contributed by atoms with Crippen molar-refractivity contribution in [2.75, 3.05) is 0 Å². The van der Waals surface area contributed by atoms with E-state index < -0.39 is 12.0 Å². The molecule has 1 aromatic carbocycles. The third-order valence-corrected chi connectivity index (χ3v) is 4.11. The van der Waals surface area contributed by atoms with Gasteiger partial charge in [0.1, 0.15) is 5.69 Å². The molecule has 1 amide bonds. The zero-order chi connectivity index (χ0) is 17.2. The van der Waals surface area contributed by atoms with Crippen LogP contribution in [0.25, 0.3) is 0 Å². The van der Waals surface area contributed by atoms with Gasteiger partial charge in [0.15, 0.2) is 0 Å². The van der Waals surface area contributed by atoms with E-state index in [9.17, 15) is 14.5 Å². The molecule has 0 aliphatic rings. The van der Waals surface area contributed by atoms with Gasteiger partial charge in [-0.2, -0.15) is 0 Å². The van der Waals surface area contributed by atoms with Gasteiger partial charge in [-0.05, 0) is 43.1 Å². The number of carboxylic acids is 1. The Morgan fingerprint density at radius 2 is 1.91 bits per heavy atom. The molecular weight excluding hydrogens is 318 g/mol. The number of nitrogens with one attached hydrogen (secondary N) is 2. The summed E-state index contributed by atoms with van der Waals surface area (Å²) < 4.78 is 3.03. The Kier molecular flexibility index (Phi) is 8.28. The van der Waals surface area contributed by atoms with Gasteiger partial charge in [0.2, 0.25) is 5.91 Å². The molecule has 23 heavy (non-hydrogen) atoms. The molecule has 8 heteroatoms. The number of rotatable bonds is 10. The number of aliphatic carboxylic acids is 1. The summed E-state index contributed by atoms with van der Waals surface area (Å²) in [5, 5.41) is 14.2. The Morgan fingerprint density at radius 3 is 2.48 bits per heavy atom. The van der Waals surface area contributed by atoms with Gasteiger partial charge in [-0.15, -0.1) is 4.91 Å². The predicted molar refractivity (Wildman–Crippen MR) is 90.3 cm³/mol. The van der Waals surface area contributed by atoms with Crippen LogP contribution in [-0.4, -0.2) is 29.1 Å².